The molecule has 0 atom stereocenters. The summed E-state index contributed by atoms with van der Waals surface area (Å²) in [6.45, 7) is 3.18. The van der Waals surface area contributed by atoms with Gasteiger partial charge in [0.15, 0.2) is 0 Å². The predicted molar refractivity (Wildman–Crippen MR) is 78.0 cm³/mol. The smallest absolute Gasteiger partial charge is 0.275 e. The van der Waals surface area contributed by atoms with Crippen LogP contribution in [0.25, 0.3) is 0 Å². The molecule has 6 heteroatoms. The van der Waals surface area contributed by atoms with Gasteiger partial charge in [-0.2, -0.15) is 0 Å². The van der Waals surface area contributed by atoms with E-state index in [1.165, 1.54) is 29.1 Å². The number of nitrogens with zero attached hydrogens (tertiary/aromatic N) is 2. The zero-order valence-corrected chi connectivity index (χ0v) is 12.4. The van der Waals surface area contributed by atoms with E-state index in [0.29, 0.717) is 10.9 Å². The number of carbonyl (C=O) groups excluding carboxylic acids is 1. The van der Waals surface area contributed by atoms with Crippen LogP contribution in [-0.4, -0.2) is 48.9 Å². The maximum atomic E-state index is 11.4. The molecule has 1 saturated heterocycles. The third-order valence-corrected chi connectivity index (χ3v) is 4.75. The Balaban J connectivity index is 1.85. The lowest BCUT2D eigenvalue weighted by atomic mass is 10.0. The average Bonchev–Trinajstić information content (AvgIpc) is 2.87. The number of carbonyl (C=O) groups is 1. The number of nitrogens with two attached hydrogens (primary N) is 1. The molecule has 3 N–H and O–H groups in total. The Labute approximate surface area is 118 Å². The van der Waals surface area contributed by atoms with Crippen molar-refractivity contribution in [3.8, 4) is 0 Å². The van der Waals surface area contributed by atoms with Gasteiger partial charge in [-0.25, -0.2) is 5.84 Å². The van der Waals surface area contributed by atoms with Crippen molar-refractivity contribution in [2.45, 2.75) is 25.4 Å². The predicted octanol–water partition coefficient (Wildman–Crippen LogP) is 0.878. The van der Waals surface area contributed by atoms with Crippen molar-refractivity contribution in [3.05, 3.63) is 21.9 Å². The summed E-state index contributed by atoms with van der Waals surface area (Å²) in [5.41, 5.74) is 2.17. The number of hydrazine groups is 1. The van der Waals surface area contributed by atoms with Gasteiger partial charge in [0.1, 0.15) is 0 Å². The first-order valence-corrected chi connectivity index (χ1v) is 7.40. The fourth-order valence-corrected chi connectivity index (χ4v) is 3.42. The quantitative estimate of drug-likeness (QED) is 0.489. The third kappa shape index (κ3) is 3.76. The highest BCUT2D eigenvalue weighted by molar-refractivity contribution is 7.14. The summed E-state index contributed by atoms with van der Waals surface area (Å²) in [6, 6.07) is 4.57. The van der Waals surface area contributed by atoms with Gasteiger partial charge in [-0.1, -0.05) is 0 Å². The Hall–Kier alpha value is -0.950. The number of likely N-dealkylation sites (tertiary alicyclic amines) is 1. The van der Waals surface area contributed by atoms with E-state index in [0.717, 1.165) is 19.6 Å². The number of rotatable bonds is 4. The molecule has 2 rings (SSSR count). The van der Waals surface area contributed by atoms with Crippen molar-refractivity contribution in [2.75, 3.05) is 27.2 Å². The van der Waals surface area contributed by atoms with Gasteiger partial charge in [0, 0.05) is 30.6 Å². The SMILES string of the molecule is CN(C)C1CCN(Cc2ccc(C(=O)NN)s2)CC1. The fraction of sp³-hybridized carbons (Fsp3) is 0.615. The van der Waals surface area contributed by atoms with Crippen molar-refractivity contribution in [1.82, 2.24) is 15.2 Å². The number of hydrogen-bond donors (Lipinski definition) is 2. The maximum Gasteiger partial charge on any atom is 0.275 e. The van der Waals surface area contributed by atoms with E-state index in [-0.39, 0.29) is 5.91 Å². The first-order chi connectivity index (χ1) is 9.10. The van der Waals surface area contributed by atoms with Crippen LogP contribution in [0.15, 0.2) is 12.1 Å². The molecule has 0 saturated carbocycles. The monoisotopic (exact) mass is 282 g/mol. The van der Waals surface area contributed by atoms with Crippen molar-refractivity contribution in [1.29, 1.82) is 0 Å². The van der Waals surface area contributed by atoms with Gasteiger partial charge in [0.2, 0.25) is 0 Å². The van der Waals surface area contributed by atoms with Gasteiger partial charge < -0.3 is 4.90 Å². The summed E-state index contributed by atoms with van der Waals surface area (Å²) in [5, 5.41) is 0. The topological polar surface area (TPSA) is 61.6 Å². The Kier molecular flexibility index (Phi) is 4.93. The third-order valence-electron chi connectivity index (χ3n) is 3.68. The van der Waals surface area contributed by atoms with Crippen molar-refractivity contribution in [2.24, 2.45) is 5.84 Å². The zero-order valence-electron chi connectivity index (χ0n) is 11.6. The van der Waals surface area contributed by atoms with E-state index in [2.05, 4.69) is 29.3 Å². The Morgan fingerprint density at radius 2 is 2.16 bits per heavy atom. The summed E-state index contributed by atoms with van der Waals surface area (Å²) in [4.78, 5) is 18.1. The summed E-state index contributed by atoms with van der Waals surface area (Å²) >= 11 is 1.52. The molecule has 0 aliphatic carbocycles. The lowest BCUT2D eigenvalue weighted by Crippen LogP contribution is -2.41. The fourth-order valence-electron chi connectivity index (χ4n) is 2.47. The second-order valence-corrected chi connectivity index (χ2v) is 6.38. The largest absolute Gasteiger partial charge is 0.306 e. The summed E-state index contributed by atoms with van der Waals surface area (Å²) in [5.74, 6) is 4.93. The minimum absolute atomic E-state index is 0.206. The average molecular weight is 282 g/mol. The van der Waals surface area contributed by atoms with E-state index in [4.69, 9.17) is 5.84 Å². The van der Waals surface area contributed by atoms with Crippen molar-refractivity contribution in [3.63, 3.8) is 0 Å². The van der Waals surface area contributed by atoms with E-state index in [9.17, 15) is 4.79 Å². The maximum absolute atomic E-state index is 11.4. The van der Waals surface area contributed by atoms with Crippen LogP contribution in [0, 0.1) is 0 Å². The number of nitrogen functional groups attached to an aromatic ring is 1. The number of piperidine rings is 1. The Morgan fingerprint density at radius 1 is 1.47 bits per heavy atom. The minimum Gasteiger partial charge on any atom is -0.306 e. The van der Waals surface area contributed by atoms with E-state index >= 15 is 0 Å². The van der Waals surface area contributed by atoms with Crippen LogP contribution < -0.4 is 11.3 Å². The van der Waals surface area contributed by atoms with Crippen molar-refractivity contribution < 1.29 is 4.79 Å². The van der Waals surface area contributed by atoms with Crippen LogP contribution in [0.5, 0.6) is 0 Å². The lowest BCUT2D eigenvalue weighted by molar-refractivity contribution is 0.0957. The van der Waals surface area contributed by atoms with E-state index < -0.39 is 0 Å². The molecule has 1 aromatic rings. The van der Waals surface area contributed by atoms with Gasteiger partial charge in [-0.05, 0) is 39.1 Å². The van der Waals surface area contributed by atoms with Gasteiger partial charge in [-0.3, -0.25) is 15.1 Å². The van der Waals surface area contributed by atoms with Gasteiger partial charge in [0.25, 0.3) is 5.91 Å². The van der Waals surface area contributed by atoms with Crippen LogP contribution in [0.2, 0.25) is 0 Å². The van der Waals surface area contributed by atoms with Crippen LogP contribution in [0.1, 0.15) is 27.4 Å². The van der Waals surface area contributed by atoms with Gasteiger partial charge in [-0.15, -0.1) is 11.3 Å². The van der Waals surface area contributed by atoms with E-state index in [1.54, 1.807) is 0 Å². The zero-order chi connectivity index (χ0) is 13.8. The Morgan fingerprint density at radius 3 is 2.74 bits per heavy atom. The van der Waals surface area contributed by atoms with Crippen molar-refractivity contribution >= 4 is 17.2 Å². The molecule has 1 aliphatic heterocycles. The molecule has 106 valence electrons. The molecule has 0 unspecified atom stereocenters. The highest BCUT2D eigenvalue weighted by Crippen LogP contribution is 2.21. The molecule has 0 aromatic carbocycles. The summed E-state index contributed by atoms with van der Waals surface area (Å²) in [7, 11) is 4.30. The normalized spacial score (nSPS) is 17.9. The number of thiophene rings is 1. The molecule has 1 aliphatic rings. The van der Waals surface area contributed by atoms with E-state index in [1.807, 2.05) is 12.1 Å². The lowest BCUT2D eigenvalue weighted by Gasteiger charge is -2.34. The second-order valence-electron chi connectivity index (χ2n) is 5.21. The van der Waals surface area contributed by atoms with Gasteiger partial charge in [0.05, 0.1) is 4.88 Å². The Bertz CT molecular complexity index is 424. The summed E-state index contributed by atoms with van der Waals surface area (Å²) < 4.78 is 0. The molecule has 1 fully saturated rings. The standard InChI is InChI=1S/C13H22N4OS/c1-16(2)10-5-7-17(8-6-10)9-11-3-4-12(19-11)13(18)15-14/h3-4,10H,5-9,14H2,1-2H3,(H,15,18). The highest BCUT2D eigenvalue weighted by atomic mass is 32.1. The molecule has 5 nitrogen and oxygen atoms in total. The molecule has 0 radical (unpaired) electrons. The second kappa shape index (κ2) is 6.47. The molecular formula is C13H22N4OS. The molecule has 1 aromatic heterocycles. The molecule has 1 amide bonds. The van der Waals surface area contributed by atoms with Crippen LogP contribution in [-0.2, 0) is 6.54 Å². The molecular weight excluding hydrogens is 260 g/mol. The van der Waals surface area contributed by atoms with Crippen LogP contribution in [0.3, 0.4) is 0 Å². The van der Waals surface area contributed by atoms with Gasteiger partial charge >= 0.3 is 0 Å². The number of amides is 1. The first kappa shape index (κ1) is 14.5. The molecule has 19 heavy (non-hydrogen) atoms. The number of nitrogens with one attached hydrogen (secondary N) is 1. The summed E-state index contributed by atoms with van der Waals surface area (Å²) in [6.07, 6.45) is 2.43. The first-order valence-electron chi connectivity index (χ1n) is 6.58. The van der Waals surface area contributed by atoms with Crippen LogP contribution in [0.4, 0.5) is 0 Å². The molecule has 0 spiro atoms. The van der Waals surface area contributed by atoms with Crippen LogP contribution >= 0.6 is 11.3 Å². The number of hydrogen-bond acceptors (Lipinski definition) is 5. The highest BCUT2D eigenvalue weighted by Gasteiger charge is 2.21. The molecule has 2 heterocycles. The minimum atomic E-state index is -0.206. The molecule has 0 bridgehead atoms.